The molecule has 0 heterocycles. The van der Waals surface area contributed by atoms with Crippen molar-refractivity contribution in [2.45, 2.75) is 13.8 Å². The van der Waals surface area contributed by atoms with Gasteiger partial charge >= 0.3 is 0 Å². The highest BCUT2D eigenvalue weighted by atomic mass is 16.5. The zero-order valence-corrected chi connectivity index (χ0v) is 13.9. The van der Waals surface area contributed by atoms with Crippen LogP contribution in [0.4, 0.5) is 5.69 Å². The molecular formula is C20H19NO3. The molecule has 0 saturated heterocycles. The van der Waals surface area contributed by atoms with E-state index in [4.69, 9.17) is 4.74 Å². The monoisotopic (exact) mass is 321 g/mol. The fourth-order valence-corrected chi connectivity index (χ4v) is 2.91. The van der Waals surface area contributed by atoms with Gasteiger partial charge in [0.15, 0.2) is 0 Å². The molecule has 0 saturated carbocycles. The molecule has 0 unspecified atom stereocenters. The van der Waals surface area contributed by atoms with Gasteiger partial charge < -0.3 is 10.1 Å². The Balaban J connectivity index is 2.12. The molecule has 4 nitrogen and oxygen atoms in total. The van der Waals surface area contributed by atoms with Crippen molar-refractivity contribution in [3.63, 3.8) is 0 Å². The number of ether oxygens (including phenoxy) is 1. The molecule has 1 aliphatic carbocycles. The predicted molar refractivity (Wildman–Crippen MR) is 94.2 cm³/mol. The van der Waals surface area contributed by atoms with E-state index in [1.807, 2.05) is 50.2 Å². The molecule has 1 aliphatic rings. The van der Waals surface area contributed by atoms with Crippen LogP contribution in [0.1, 0.15) is 29.8 Å². The van der Waals surface area contributed by atoms with Crippen LogP contribution in [0.3, 0.4) is 0 Å². The van der Waals surface area contributed by atoms with Crippen LogP contribution in [0, 0.1) is 5.92 Å². The van der Waals surface area contributed by atoms with Crippen LogP contribution in [-0.4, -0.2) is 18.7 Å². The van der Waals surface area contributed by atoms with E-state index in [9.17, 15) is 9.59 Å². The highest BCUT2D eigenvalue weighted by molar-refractivity contribution is 6.52. The molecule has 0 bridgehead atoms. The Kier molecular flexibility index (Phi) is 4.21. The number of fused-ring (bicyclic) bond motifs is 1. The van der Waals surface area contributed by atoms with Gasteiger partial charge in [-0.2, -0.15) is 0 Å². The summed E-state index contributed by atoms with van der Waals surface area (Å²) in [5.41, 5.74) is 3.27. The smallest absolute Gasteiger partial charge is 0.233 e. The van der Waals surface area contributed by atoms with Gasteiger partial charge in [-0.1, -0.05) is 38.1 Å². The topological polar surface area (TPSA) is 55.4 Å². The number of ketones is 2. The maximum Gasteiger partial charge on any atom is 0.233 e. The van der Waals surface area contributed by atoms with Crippen molar-refractivity contribution in [3.8, 4) is 5.75 Å². The van der Waals surface area contributed by atoms with Gasteiger partial charge in [0.05, 0.1) is 12.8 Å². The lowest BCUT2D eigenvalue weighted by Gasteiger charge is -2.25. The summed E-state index contributed by atoms with van der Waals surface area (Å²) < 4.78 is 5.17. The van der Waals surface area contributed by atoms with Crippen molar-refractivity contribution in [3.05, 3.63) is 65.2 Å². The molecule has 0 atom stereocenters. The average molecular weight is 321 g/mol. The summed E-state index contributed by atoms with van der Waals surface area (Å²) in [5.74, 6) is -0.168. The van der Waals surface area contributed by atoms with Crippen molar-refractivity contribution in [1.82, 2.24) is 0 Å². The average Bonchev–Trinajstić information content (AvgIpc) is 2.60. The number of carbonyl (C=O) groups is 2. The third kappa shape index (κ3) is 2.71. The predicted octanol–water partition coefficient (Wildman–Crippen LogP) is 3.94. The van der Waals surface area contributed by atoms with Crippen LogP contribution in [-0.2, 0) is 4.79 Å². The molecule has 0 radical (unpaired) electrons. The van der Waals surface area contributed by atoms with Gasteiger partial charge in [-0.15, -0.1) is 0 Å². The number of hydrogen-bond donors (Lipinski definition) is 1. The number of Topliss-reactive ketones (excluding diaryl/α,β-unsaturated/α-hetero) is 2. The molecule has 2 aromatic rings. The number of benzene rings is 2. The number of allylic oxidation sites excluding steroid dienone is 1. The molecule has 0 aliphatic heterocycles. The van der Waals surface area contributed by atoms with Crippen molar-refractivity contribution < 1.29 is 14.3 Å². The van der Waals surface area contributed by atoms with Gasteiger partial charge in [-0.25, -0.2) is 0 Å². The highest BCUT2D eigenvalue weighted by Gasteiger charge is 2.33. The van der Waals surface area contributed by atoms with Crippen molar-refractivity contribution >= 4 is 23.0 Å². The molecule has 1 N–H and O–H groups in total. The van der Waals surface area contributed by atoms with Crippen LogP contribution < -0.4 is 10.1 Å². The number of anilines is 1. The maximum absolute atomic E-state index is 12.6. The number of rotatable bonds is 4. The molecule has 24 heavy (non-hydrogen) atoms. The quantitative estimate of drug-likeness (QED) is 0.867. The van der Waals surface area contributed by atoms with Gasteiger partial charge in [0.2, 0.25) is 11.6 Å². The molecule has 0 amide bonds. The standard InChI is InChI=1S/C20H19NO3/c1-12(2)17-18(21-13-8-10-14(24-3)11-9-13)15-6-4-5-7-16(15)19(22)20(17)23/h4-12,21H,1-3H3. The Labute approximate surface area is 141 Å². The van der Waals surface area contributed by atoms with E-state index in [1.54, 1.807) is 19.2 Å². The third-order valence-electron chi connectivity index (χ3n) is 4.10. The van der Waals surface area contributed by atoms with Crippen LogP contribution in [0.25, 0.3) is 5.70 Å². The number of carbonyl (C=O) groups excluding carboxylic acids is 2. The Morgan fingerprint density at radius 2 is 1.50 bits per heavy atom. The molecule has 122 valence electrons. The SMILES string of the molecule is COc1ccc(NC2=C(C(C)C)C(=O)C(=O)c3ccccc32)cc1. The van der Waals surface area contributed by atoms with Gasteiger partial charge in [0.25, 0.3) is 0 Å². The third-order valence-corrected chi connectivity index (χ3v) is 4.10. The summed E-state index contributed by atoms with van der Waals surface area (Å²) in [6.07, 6.45) is 0. The van der Waals surface area contributed by atoms with E-state index in [2.05, 4.69) is 5.32 Å². The Bertz CT molecular complexity index is 832. The summed E-state index contributed by atoms with van der Waals surface area (Å²) in [4.78, 5) is 24.9. The molecule has 3 rings (SSSR count). The second kappa shape index (κ2) is 6.32. The van der Waals surface area contributed by atoms with Crippen LogP contribution in [0.5, 0.6) is 5.75 Å². The molecule has 0 fully saturated rings. The first-order valence-electron chi connectivity index (χ1n) is 7.86. The summed E-state index contributed by atoms with van der Waals surface area (Å²) >= 11 is 0. The largest absolute Gasteiger partial charge is 0.497 e. The molecule has 0 aromatic heterocycles. The summed E-state index contributed by atoms with van der Waals surface area (Å²) in [6.45, 7) is 3.84. The van der Waals surface area contributed by atoms with E-state index in [0.29, 0.717) is 16.8 Å². The summed E-state index contributed by atoms with van der Waals surface area (Å²) in [5, 5.41) is 3.32. The van der Waals surface area contributed by atoms with Gasteiger partial charge in [-0.05, 0) is 30.2 Å². The lowest BCUT2D eigenvalue weighted by Crippen LogP contribution is -2.28. The Morgan fingerprint density at radius 1 is 0.875 bits per heavy atom. The maximum atomic E-state index is 12.6. The van der Waals surface area contributed by atoms with E-state index in [0.717, 1.165) is 17.0 Å². The van der Waals surface area contributed by atoms with E-state index < -0.39 is 11.6 Å². The number of hydrogen-bond acceptors (Lipinski definition) is 4. The van der Waals surface area contributed by atoms with Crippen molar-refractivity contribution in [2.75, 3.05) is 12.4 Å². The van der Waals surface area contributed by atoms with Crippen LogP contribution in [0.2, 0.25) is 0 Å². The molecule has 4 heteroatoms. The van der Waals surface area contributed by atoms with E-state index >= 15 is 0 Å². The first-order valence-corrected chi connectivity index (χ1v) is 7.86. The fraction of sp³-hybridized carbons (Fsp3) is 0.200. The lowest BCUT2D eigenvalue weighted by molar-refractivity contribution is -0.112. The number of nitrogens with one attached hydrogen (secondary N) is 1. The fourth-order valence-electron chi connectivity index (χ4n) is 2.91. The normalized spacial score (nSPS) is 14.0. The second-order valence-electron chi connectivity index (χ2n) is 6.00. The lowest BCUT2D eigenvalue weighted by atomic mass is 9.82. The minimum atomic E-state index is -0.436. The molecule has 0 spiro atoms. The summed E-state index contributed by atoms with van der Waals surface area (Å²) in [6, 6.07) is 14.7. The first-order chi connectivity index (χ1) is 11.5. The summed E-state index contributed by atoms with van der Waals surface area (Å²) in [7, 11) is 1.61. The minimum absolute atomic E-state index is 0.0597. The van der Waals surface area contributed by atoms with Gasteiger partial charge in [0.1, 0.15) is 5.75 Å². The highest BCUT2D eigenvalue weighted by Crippen LogP contribution is 2.34. The van der Waals surface area contributed by atoms with E-state index in [1.165, 1.54) is 0 Å². The zero-order chi connectivity index (χ0) is 17.3. The molecule has 2 aromatic carbocycles. The Hall–Kier alpha value is -2.88. The van der Waals surface area contributed by atoms with Crippen LogP contribution in [0.15, 0.2) is 54.1 Å². The van der Waals surface area contributed by atoms with Gasteiger partial charge in [0, 0.05) is 22.4 Å². The van der Waals surface area contributed by atoms with E-state index in [-0.39, 0.29) is 5.92 Å². The minimum Gasteiger partial charge on any atom is -0.497 e. The van der Waals surface area contributed by atoms with Crippen molar-refractivity contribution in [2.24, 2.45) is 5.92 Å². The first kappa shape index (κ1) is 16.0. The van der Waals surface area contributed by atoms with Crippen molar-refractivity contribution in [1.29, 1.82) is 0 Å². The number of methoxy groups -OCH3 is 1. The zero-order valence-electron chi connectivity index (χ0n) is 13.9. The second-order valence-corrected chi connectivity index (χ2v) is 6.00. The van der Waals surface area contributed by atoms with Crippen LogP contribution >= 0.6 is 0 Å². The molecular weight excluding hydrogens is 302 g/mol. The van der Waals surface area contributed by atoms with Gasteiger partial charge in [-0.3, -0.25) is 9.59 Å². The Morgan fingerprint density at radius 3 is 2.08 bits per heavy atom.